The maximum Gasteiger partial charge on any atom is 0.397 e. The van der Waals surface area contributed by atoms with E-state index >= 15 is 0 Å². The molecule has 0 unspecified atom stereocenters. The molecule has 2 rings (SSSR count). The molecule has 2 N–H and O–H groups in total. The lowest BCUT2D eigenvalue weighted by Crippen LogP contribution is -2.70. The predicted molar refractivity (Wildman–Crippen MR) is 89.7 cm³/mol. The first kappa shape index (κ1) is 21.4. The Bertz CT molecular complexity index is 697. The van der Waals surface area contributed by atoms with Crippen LogP contribution in [0.4, 0.5) is 13.2 Å². The SMILES string of the molecule is CC(=O)OCC1=C(C(=O)O)N2C(=O)[C@@H](NC(=O)CSCC(F)(F)F)[C@H]2SC1. The third kappa shape index (κ3) is 5.31. The molecule has 0 aliphatic carbocycles. The first-order chi connectivity index (χ1) is 12.5. The first-order valence-corrected chi connectivity index (χ1v) is 9.69. The summed E-state index contributed by atoms with van der Waals surface area (Å²) in [6.45, 7) is 0.891. The molecule has 150 valence electrons. The summed E-state index contributed by atoms with van der Waals surface area (Å²) in [5.41, 5.74) is -0.0558. The third-order valence-corrected chi connectivity index (χ3v) is 5.85. The van der Waals surface area contributed by atoms with E-state index in [-0.39, 0.29) is 23.6 Å². The molecule has 27 heavy (non-hydrogen) atoms. The summed E-state index contributed by atoms with van der Waals surface area (Å²) < 4.78 is 41.1. The van der Waals surface area contributed by atoms with Gasteiger partial charge in [0.25, 0.3) is 5.91 Å². The van der Waals surface area contributed by atoms with Crippen LogP contribution in [0, 0.1) is 0 Å². The molecule has 1 saturated heterocycles. The van der Waals surface area contributed by atoms with Gasteiger partial charge in [-0.15, -0.1) is 23.5 Å². The zero-order chi connectivity index (χ0) is 20.4. The van der Waals surface area contributed by atoms with E-state index in [2.05, 4.69) is 5.32 Å². The monoisotopic (exact) mass is 428 g/mol. The van der Waals surface area contributed by atoms with Crippen molar-refractivity contribution in [1.82, 2.24) is 10.2 Å². The van der Waals surface area contributed by atoms with E-state index in [0.29, 0.717) is 11.8 Å². The lowest BCUT2D eigenvalue weighted by Gasteiger charge is -2.49. The van der Waals surface area contributed by atoms with Gasteiger partial charge in [0.2, 0.25) is 5.91 Å². The normalized spacial score (nSPS) is 22.1. The predicted octanol–water partition coefficient (Wildman–Crippen LogP) is 0.584. The highest BCUT2D eigenvalue weighted by Gasteiger charge is 2.54. The number of hydrogen-bond donors (Lipinski definition) is 2. The highest BCUT2D eigenvalue weighted by atomic mass is 32.2. The summed E-state index contributed by atoms with van der Waals surface area (Å²) >= 11 is 1.54. The number of carboxylic acid groups (broad SMARTS) is 1. The molecule has 2 aliphatic rings. The fourth-order valence-electron chi connectivity index (χ4n) is 2.46. The molecule has 2 heterocycles. The number of carbonyl (C=O) groups excluding carboxylic acids is 3. The zero-order valence-corrected chi connectivity index (χ0v) is 15.5. The Labute approximate surface area is 159 Å². The van der Waals surface area contributed by atoms with Crippen molar-refractivity contribution in [2.75, 3.05) is 23.9 Å². The standard InChI is InChI=1S/C14H15F3N2O6S2/c1-6(20)25-2-7-3-27-12-9(11(22)19(12)10(7)13(23)24)18-8(21)4-26-5-14(15,16)17/h9,12H,2-5H2,1H3,(H,18,21)(H,23,24)/t9-,12-/m1/s1. The lowest BCUT2D eigenvalue weighted by molar-refractivity contribution is -0.150. The molecule has 0 radical (unpaired) electrons. The van der Waals surface area contributed by atoms with Gasteiger partial charge in [0.15, 0.2) is 0 Å². The maximum absolute atomic E-state index is 12.3. The Balaban J connectivity index is 1.99. The highest BCUT2D eigenvalue weighted by molar-refractivity contribution is 8.00. The minimum Gasteiger partial charge on any atom is -0.477 e. The van der Waals surface area contributed by atoms with Gasteiger partial charge >= 0.3 is 18.1 Å². The zero-order valence-electron chi connectivity index (χ0n) is 13.9. The molecule has 8 nitrogen and oxygen atoms in total. The van der Waals surface area contributed by atoms with Gasteiger partial charge in [-0.05, 0) is 0 Å². The van der Waals surface area contributed by atoms with Crippen LogP contribution in [0.5, 0.6) is 0 Å². The number of carboxylic acids is 1. The Kier molecular flexibility index (Phi) is 6.68. The van der Waals surface area contributed by atoms with Crippen molar-refractivity contribution in [2.45, 2.75) is 24.5 Å². The minimum atomic E-state index is -4.40. The molecular weight excluding hydrogens is 413 g/mol. The fourth-order valence-corrected chi connectivity index (χ4v) is 4.39. The molecule has 0 aromatic rings. The van der Waals surface area contributed by atoms with Crippen LogP contribution in [-0.2, 0) is 23.9 Å². The Morgan fingerprint density at radius 2 is 2.07 bits per heavy atom. The van der Waals surface area contributed by atoms with Crippen molar-refractivity contribution in [1.29, 1.82) is 0 Å². The number of alkyl halides is 3. The Morgan fingerprint density at radius 3 is 2.63 bits per heavy atom. The average molecular weight is 428 g/mol. The molecule has 0 bridgehead atoms. The minimum absolute atomic E-state index is 0.165. The molecule has 13 heteroatoms. The van der Waals surface area contributed by atoms with E-state index in [1.807, 2.05) is 0 Å². The van der Waals surface area contributed by atoms with Crippen LogP contribution >= 0.6 is 23.5 Å². The van der Waals surface area contributed by atoms with Crippen molar-refractivity contribution in [3.05, 3.63) is 11.3 Å². The summed E-state index contributed by atoms with van der Waals surface area (Å²) in [6.07, 6.45) is -4.40. The van der Waals surface area contributed by atoms with E-state index < -0.39 is 52.9 Å². The molecule has 0 aromatic carbocycles. The molecule has 2 atom stereocenters. The number of nitrogens with one attached hydrogen (secondary N) is 1. The maximum atomic E-state index is 12.3. The second-order valence-corrected chi connectivity index (χ2v) is 7.69. The van der Waals surface area contributed by atoms with Crippen LogP contribution in [0.15, 0.2) is 11.3 Å². The number of fused-ring (bicyclic) bond motifs is 1. The van der Waals surface area contributed by atoms with Crippen molar-refractivity contribution in [2.24, 2.45) is 0 Å². The van der Waals surface area contributed by atoms with Crippen LogP contribution in [0.3, 0.4) is 0 Å². The van der Waals surface area contributed by atoms with Crippen LogP contribution in [-0.4, -0.2) is 75.2 Å². The van der Waals surface area contributed by atoms with E-state index in [9.17, 15) is 37.5 Å². The van der Waals surface area contributed by atoms with E-state index in [0.717, 1.165) is 11.8 Å². The number of thioether (sulfide) groups is 2. The number of nitrogens with zero attached hydrogens (tertiary/aromatic N) is 1. The van der Waals surface area contributed by atoms with Gasteiger partial charge in [-0.2, -0.15) is 13.2 Å². The second kappa shape index (κ2) is 8.42. The lowest BCUT2D eigenvalue weighted by atomic mass is 10.0. The van der Waals surface area contributed by atoms with Gasteiger partial charge < -0.3 is 15.2 Å². The van der Waals surface area contributed by atoms with Gasteiger partial charge in [-0.1, -0.05) is 0 Å². The number of hydrogen-bond acceptors (Lipinski definition) is 7. The van der Waals surface area contributed by atoms with Crippen molar-refractivity contribution in [3.63, 3.8) is 0 Å². The average Bonchev–Trinajstić information content (AvgIpc) is 2.55. The summed E-state index contributed by atoms with van der Waals surface area (Å²) in [6, 6.07) is -1.02. The first-order valence-electron chi connectivity index (χ1n) is 7.48. The number of rotatable bonds is 7. The quantitative estimate of drug-likeness (QED) is 0.447. The van der Waals surface area contributed by atoms with E-state index in [1.165, 1.54) is 11.8 Å². The van der Waals surface area contributed by atoms with Crippen molar-refractivity contribution in [3.8, 4) is 0 Å². The summed E-state index contributed by atoms with van der Waals surface area (Å²) in [5, 5.41) is 11.0. The number of amides is 2. The van der Waals surface area contributed by atoms with Crippen molar-refractivity contribution < 1.29 is 42.2 Å². The number of ether oxygens (including phenoxy) is 1. The largest absolute Gasteiger partial charge is 0.477 e. The van der Waals surface area contributed by atoms with Crippen LogP contribution < -0.4 is 5.32 Å². The van der Waals surface area contributed by atoms with Crippen LogP contribution in [0.25, 0.3) is 0 Å². The number of β-lactam (4-membered cyclic amide) rings is 1. The Morgan fingerprint density at radius 1 is 1.41 bits per heavy atom. The van der Waals surface area contributed by atoms with E-state index in [1.54, 1.807) is 0 Å². The number of carbonyl (C=O) groups is 4. The van der Waals surface area contributed by atoms with Gasteiger partial charge in [-0.25, -0.2) is 4.79 Å². The Hall–Kier alpha value is -1.89. The molecule has 0 saturated carbocycles. The smallest absolute Gasteiger partial charge is 0.397 e. The van der Waals surface area contributed by atoms with Gasteiger partial charge in [0.1, 0.15) is 23.7 Å². The molecule has 1 fully saturated rings. The number of aliphatic carboxylic acids is 1. The third-order valence-electron chi connectivity index (χ3n) is 3.51. The van der Waals surface area contributed by atoms with Gasteiger partial charge in [-0.3, -0.25) is 19.3 Å². The molecule has 0 aromatic heterocycles. The fraction of sp³-hybridized carbons (Fsp3) is 0.571. The summed E-state index contributed by atoms with van der Waals surface area (Å²) in [7, 11) is 0. The van der Waals surface area contributed by atoms with Crippen LogP contribution in [0.2, 0.25) is 0 Å². The summed E-state index contributed by atoms with van der Waals surface area (Å²) in [4.78, 5) is 47.4. The molecule has 2 aliphatic heterocycles. The highest BCUT2D eigenvalue weighted by Crippen LogP contribution is 2.40. The van der Waals surface area contributed by atoms with Crippen LogP contribution in [0.1, 0.15) is 6.92 Å². The number of halogens is 3. The number of esters is 1. The summed E-state index contributed by atoms with van der Waals surface area (Å²) in [5.74, 6) is -4.89. The van der Waals surface area contributed by atoms with Gasteiger partial charge in [0, 0.05) is 18.2 Å². The molecular formula is C14H15F3N2O6S2. The molecule has 0 spiro atoms. The second-order valence-electron chi connectivity index (χ2n) is 5.60. The van der Waals surface area contributed by atoms with Gasteiger partial charge in [0.05, 0.1) is 11.5 Å². The topological polar surface area (TPSA) is 113 Å². The molecule has 2 amide bonds. The van der Waals surface area contributed by atoms with Crippen molar-refractivity contribution >= 4 is 47.3 Å². The van der Waals surface area contributed by atoms with E-state index in [4.69, 9.17) is 4.74 Å².